The third kappa shape index (κ3) is 5.28. The number of urea groups is 1. The Balaban J connectivity index is 1.33. The second kappa shape index (κ2) is 8.61. The number of nitrogens with one attached hydrogen (secondary N) is 2. The van der Waals surface area contributed by atoms with Gasteiger partial charge in [-0.2, -0.15) is 0 Å². The monoisotopic (exact) mass is 427 g/mol. The van der Waals surface area contributed by atoms with Crippen molar-refractivity contribution in [2.75, 3.05) is 13.2 Å². The van der Waals surface area contributed by atoms with Crippen molar-refractivity contribution in [3.63, 3.8) is 0 Å². The Bertz CT molecular complexity index is 930. The van der Waals surface area contributed by atoms with Gasteiger partial charge in [-0.15, -0.1) is 0 Å². The largest absolute Gasteiger partial charge is 0.493 e. The summed E-state index contributed by atoms with van der Waals surface area (Å²) in [5.74, 6) is 1.31. The van der Waals surface area contributed by atoms with Crippen LogP contribution in [0, 0.1) is 5.92 Å². The molecule has 1 aliphatic heterocycles. The number of nitrogens with zero attached hydrogens (tertiary/aromatic N) is 3. The van der Waals surface area contributed by atoms with E-state index in [9.17, 15) is 9.59 Å². The number of hydrogen-bond donors (Lipinski definition) is 2. The van der Waals surface area contributed by atoms with Crippen LogP contribution in [0.1, 0.15) is 38.1 Å². The molecule has 2 aliphatic rings. The van der Waals surface area contributed by atoms with E-state index < -0.39 is 11.6 Å². The molecule has 8 nitrogen and oxygen atoms in total. The van der Waals surface area contributed by atoms with Crippen molar-refractivity contribution >= 4 is 23.9 Å². The molecule has 1 aromatic heterocycles. The summed E-state index contributed by atoms with van der Waals surface area (Å²) in [6, 6.07) is 7.65. The van der Waals surface area contributed by atoms with E-state index in [4.69, 9.17) is 4.74 Å². The van der Waals surface area contributed by atoms with Gasteiger partial charge >= 0.3 is 6.03 Å². The van der Waals surface area contributed by atoms with Gasteiger partial charge in [0.1, 0.15) is 12.3 Å². The van der Waals surface area contributed by atoms with Gasteiger partial charge in [0.05, 0.1) is 42.5 Å². The maximum Gasteiger partial charge on any atom is 0.324 e. The molecule has 2 N–H and O–H groups in total. The predicted octanol–water partition coefficient (Wildman–Crippen LogP) is 2.85. The smallest absolute Gasteiger partial charge is 0.324 e. The van der Waals surface area contributed by atoms with Gasteiger partial charge in [0.15, 0.2) is 0 Å². The highest BCUT2D eigenvalue weighted by atomic mass is 32.2. The quantitative estimate of drug-likeness (QED) is 0.469. The minimum atomic E-state index is -0.429. The minimum Gasteiger partial charge on any atom is -0.493 e. The van der Waals surface area contributed by atoms with Crippen LogP contribution in [0.5, 0.6) is 5.75 Å². The summed E-state index contributed by atoms with van der Waals surface area (Å²) in [6.45, 7) is 5.16. The van der Waals surface area contributed by atoms with Crippen LogP contribution in [-0.2, 0) is 16.9 Å². The lowest BCUT2D eigenvalue weighted by atomic mass is 10.0. The molecule has 4 rings (SSSR count). The first-order valence-corrected chi connectivity index (χ1v) is 10.8. The Morgan fingerprint density at radius 1 is 1.27 bits per heavy atom. The Morgan fingerprint density at radius 2 is 2.10 bits per heavy atom. The molecule has 2 aromatic rings. The lowest BCUT2D eigenvalue weighted by Crippen LogP contribution is -2.33. The highest BCUT2D eigenvalue weighted by Crippen LogP contribution is 2.31. The van der Waals surface area contributed by atoms with Crippen LogP contribution < -0.4 is 14.8 Å². The van der Waals surface area contributed by atoms with Crippen molar-refractivity contribution in [2.45, 2.75) is 43.7 Å². The van der Waals surface area contributed by atoms with Gasteiger partial charge in [-0.1, -0.05) is 6.07 Å². The highest BCUT2D eigenvalue weighted by Gasteiger charge is 2.28. The fraction of sp³-hybridized carbons (Fsp3) is 0.429. The molecule has 0 unspecified atom stereocenters. The third-order valence-electron chi connectivity index (χ3n) is 4.98. The summed E-state index contributed by atoms with van der Waals surface area (Å²) in [5, 5.41) is 2.25. The lowest BCUT2D eigenvalue weighted by molar-refractivity contribution is -0.118. The summed E-state index contributed by atoms with van der Waals surface area (Å²) in [5.41, 5.74) is 0.983. The van der Waals surface area contributed by atoms with E-state index >= 15 is 0 Å². The second-order valence-electron chi connectivity index (χ2n) is 8.16. The van der Waals surface area contributed by atoms with E-state index in [0.29, 0.717) is 5.69 Å². The Labute approximate surface area is 179 Å². The zero-order valence-electron chi connectivity index (χ0n) is 17.1. The van der Waals surface area contributed by atoms with E-state index in [1.807, 2.05) is 38.1 Å². The van der Waals surface area contributed by atoms with Crippen LogP contribution in [0.4, 0.5) is 4.79 Å². The predicted molar refractivity (Wildman–Crippen MR) is 113 cm³/mol. The van der Waals surface area contributed by atoms with Gasteiger partial charge in [-0.05, 0) is 62.8 Å². The molecule has 0 atom stereocenters. The topological polar surface area (TPSA) is 96.5 Å². The third-order valence-corrected chi connectivity index (χ3v) is 6.08. The minimum absolute atomic E-state index is 0.0510. The molecular weight excluding hydrogens is 402 g/mol. The molecule has 2 fully saturated rings. The number of benzene rings is 1. The van der Waals surface area contributed by atoms with Crippen molar-refractivity contribution in [2.24, 2.45) is 5.92 Å². The number of aromatic nitrogens is 2. The SMILES string of the molecule is CC(C)(NSc1cccc(OCC2CC2)c1)c1cnc(CN2CC(=O)NC2=O)cn1. The Hall–Kier alpha value is -2.65. The average molecular weight is 428 g/mol. The van der Waals surface area contributed by atoms with Crippen LogP contribution >= 0.6 is 11.9 Å². The molecule has 30 heavy (non-hydrogen) atoms. The zero-order valence-corrected chi connectivity index (χ0v) is 17.9. The van der Waals surface area contributed by atoms with E-state index in [1.165, 1.54) is 29.7 Å². The molecule has 1 aliphatic carbocycles. The Morgan fingerprint density at radius 3 is 2.77 bits per heavy atom. The van der Waals surface area contributed by atoms with E-state index in [2.05, 4.69) is 20.0 Å². The van der Waals surface area contributed by atoms with E-state index in [1.54, 1.807) is 12.4 Å². The molecule has 1 saturated carbocycles. The lowest BCUT2D eigenvalue weighted by Gasteiger charge is -2.25. The van der Waals surface area contributed by atoms with Crippen LogP contribution in [0.3, 0.4) is 0 Å². The fourth-order valence-electron chi connectivity index (χ4n) is 2.93. The van der Waals surface area contributed by atoms with Crippen molar-refractivity contribution < 1.29 is 14.3 Å². The molecule has 2 heterocycles. The summed E-state index contributed by atoms with van der Waals surface area (Å²) < 4.78 is 9.29. The molecule has 1 aromatic carbocycles. The zero-order chi connectivity index (χ0) is 21.1. The van der Waals surface area contributed by atoms with Crippen molar-refractivity contribution in [3.05, 3.63) is 48.0 Å². The number of hydrogen-bond acceptors (Lipinski definition) is 7. The maximum absolute atomic E-state index is 11.7. The van der Waals surface area contributed by atoms with Gasteiger partial charge in [-0.25, -0.2) is 9.52 Å². The Kier molecular flexibility index (Phi) is 5.92. The normalized spacial score (nSPS) is 16.7. The summed E-state index contributed by atoms with van der Waals surface area (Å²) in [7, 11) is 0. The van der Waals surface area contributed by atoms with Gasteiger partial charge in [0.25, 0.3) is 0 Å². The average Bonchev–Trinajstić information content (AvgIpc) is 3.50. The van der Waals surface area contributed by atoms with Crippen LogP contribution in [0.2, 0.25) is 0 Å². The molecule has 0 bridgehead atoms. The van der Waals surface area contributed by atoms with Crippen molar-refractivity contribution in [1.29, 1.82) is 0 Å². The molecular formula is C21H25N5O3S. The number of imide groups is 1. The van der Waals surface area contributed by atoms with Crippen molar-refractivity contribution in [3.8, 4) is 5.75 Å². The fourth-order valence-corrected chi connectivity index (χ4v) is 3.73. The standard InChI is InChI=1S/C21H25N5O3S/c1-21(2,25-30-17-5-3-4-16(8-17)29-13-14-6-7-14)18-10-22-15(9-23-18)11-26-12-19(27)24-20(26)28/h3-5,8-10,14,25H,6-7,11-13H2,1-2H3,(H,24,27,28). The molecule has 1 saturated heterocycles. The maximum atomic E-state index is 11.7. The first-order chi connectivity index (χ1) is 14.4. The number of carbonyl (C=O) groups excluding carboxylic acids is 2. The molecule has 158 valence electrons. The summed E-state index contributed by atoms with van der Waals surface area (Å²) in [6.07, 6.45) is 5.89. The molecule has 0 radical (unpaired) electrons. The second-order valence-corrected chi connectivity index (χ2v) is 9.04. The number of amides is 3. The van der Waals surface area contributed by atoms with Gasteiger partial charge in [0, 0.05) is 4.90 Å². The molecule has 3 amide bonds. The molecule has 0 spiro atoms. The number of carbonyl (C=O) groups is 2. The van der Waals surface area contributed by atoms with Crippen molar-refractivity contribution in [1.82, 2.24) is 24.9 Å². The number of rotatable bonds is 9. The van der Waals surface area contributed by atoms with Crippen LogP contribution in [-0.4, -0.2) is 40.0 Å². The first-order valence-electron chi connectivity index (χ1n) is 9.96. The van der Waals surface area contributed by atoms with Gasteiger partial charge in [-0.3, -0.25) is 20.1 Å². The summed E-state index contributed by atoms with van der Waals surface area (Å²) >= 11 is 1.52. The van der Waals surface area contributed by atoms with Crippen LogP contribution in [0.15, 0.2) is 41.6 Å². The highest BCUT2D eigenvalue weighted by molar-refractivity contribution is 7.97. The van der Waals surface area contributed by atoms with Gasteiger partial charge < -0.3 is 9.64 Å². The molecule has 9 heteroatoms. The van der Waals surface area contributed by atoms with E-state index in [-0.39, 0.29) is 19.0 Å². The van der Waals surface area contributed by atoms with Gasteiger partial charge in [0.2, 0.25) is 5.91 Å². The first kappa shape index (κ1) is 20.6. The van der Waals surface area contributed by atoms with E-state index in [0.717, 1.165) is 28.9 Å². The summed E-state index contributed by atoms with van der Waals surface area (Å²) in [4.78, 5) is 34.4. The number of ether oxygens (including phenoxy) is 1. The van der Waals surface area contributed by atoms with Crippen LogP contribution in [0.25, 0.3) is 0 Å².